The Morgan fingerprint density at radius 3 is 2.57 bits per heavy atom. The Morgan fingerprint density at radius 1 is 1.00 bits per heavy atom. The monoisotopic (exact) mass is 306 g/mol. The van der Waals surface area contributed by atoms with Gasteiger partial charge in [0.2, 0.25) is 0 Å². The molecule has 1 unspecified atom stereocenters. The zero-order chi connectivity index (χ0) is 15.8. The van der Waals surface area contributed by atoms with E-state index in [1.54, 1.807) is 0 Å². The third-order valence-corrected chi connectivity index (χ3v) is 5.38. The summed E-state index contributed by atoms with van der Waals surface area (Å²) < 4.78 is 0. The lowest BCUT2D eigenvalue weighted by molar-refractivity contribution is 0.612. The van der Waals surface area contributed by atoms with Gasteiger partial charge in [-0.05, 0) is 59.7 Å². The van der Waals surface area contributed by atoms with Crippen LogP contribution in [0.25, 0.3) is 11.1 Å². The fourth-order valence-corrected chi connectivity index (χ4v) is 3.98. The molecular formula is C21H26N2. The van der Waals surface area contributed by atoms with Crippen molar-refractivity contribution >= 4 is 5.69 Å². The predicted molar refractivity (Wildman–Crippen MR) is 98.3 cm³/mol. The summed E-state index contributed by atoms with van der Waals surface area (Å²) >= 11 is 0. The highest BCUT2D eigenvalue weighted by atomic mass is 15.2. The number of rotatable bonds is 2. The van der Waals surface area contributed by atoms with Crippen molar-refractivity contribution in [3.05, 3.63) is 53.6 Å². The summed E-state index contributed by atoms with van der Waals surface area (Å²) in [4.78, 5) is 2.61. The molecule has 0 saturated carbocycles. The van der Waals surface area contributed by atoms with Crippen LogP contribution in [-0.2, 0) is 6.42 Å². The molecule has 120 valence electrons. The van der Waals surface area contributed by atoms with Gasteiger partial charge in [0.1, 0.15) is 0 Å². The van der Waals surface area contributed by atoms with Crippen LogP contribution in [0.1, 0.15) is 37.3 Å². The summed E-state index contributed by atoms with van der Waals surface area (Å²) in [7, 11) is 0. The minimum atomic E-state index is 0.595. The second-order valence-corrected chi connectivity index (χ2v) is 7.21. The zero-order valence-corrected chi connectivity index (χ0v) is 14.2. The topological polar surface area (TPSA) is 15.3 Å². The second-order valence-electron chi connectivity index (χ2n) is 7.21. The van der Waals surface area contributed by atoms with Crippen LogP contribution in [-0.4, -0.2) is 25.7 Å². The molecule has 1 N–H and O–H groups in total. The van der Waals surface area contributed by atoms with E-state index in [-0.39, 0.29) is 0 Å². The average Bonchev–Trinajstić information content (AvgIpc) is 2.75. The van der Waals surface area contributed by atoms with Crippen molar-refractivity contribution in [2.75, 3.05) is 24.5 Å². The van der Waals surface area contributed by atoms with Crippen molar-refractivity contribution in [1.29, 1.82) is 0 Å². The summed E-state index contributed by atoms with van der Waals surface area (Å²) in [6.07, 6.45) is 2.46. The van der Waals surface area contributed by atoms with E-state index in [1.165, 1.54) is 40.8 Å². The number of hydrogen-bond acceptors (Lipinski definition) is 2. The van der Waals surface area contributed by atoms with E-state index < -0.39 is 0 Å². The Hall–Kier alpha value is -1.80. The number of nitrogens with one attached hydrogen (secondary N) is 1. The fraction of sp³-hybridized carbons (Fsp3) is 0.429. The Labute approximate surface area is 139 Å². The molecular weight excluding hydrogens is 280 g/mol. The largest absolute Gasteiger partial charge is 0.367 e. The van der Waals surface area contributed by atoms with Crippen molar-refractivity contribution < 1.29 is 0 Å². The first-order chi connectivity index (χ1) is 11.2. The highest BCUT2D eigenvalue weighted by Crippen LogP contribution is 2.36. The Balaban J connectivity index is 1.63. The predicted octanol–water partition coefficient (Wildman–Crippen LogP) is 4.20. The van der Waals surface area contributed by atoms with E-state index in [9.17, 15) is 0 Å². The molecule has 2 aromatic rings. The van der Waals surface area contributed by atoms with Crippen LogP contribution >= 0.6 is 0 Å². The van der Waals surface area contributed by atoms with Crippen LogP contribution in [0.5, 0.6) is 0 Å². The molecule has 2 aliphatic heterocycles. The number of hydrogen-bond donors (Lipinski definition) is 1. The molecule has 4 rings (SSSR count). The maximum absolute atomic E-state index is 3.52. The van der Waals surface area contributed by atoms with Gasteiger partial charge < -0.3 is 10.2 Å². The smallest absolute Gasteiger partial charge is 0.0403 e. The average molecular weight is 306 g/mol. The maximum atomic E-state index is 3.52. The molecule has 2 heterocycles. The molecule has 1 fully saturated rings. The SMILES string of the molecule is CC(C)c1ccc(-c2ccc3c(c2)CC2CCNCCN32)cc1. The van der Waals surface area contributed by atoms with Crippen LogP contribution < -0.4 is 10.2 Å². The first-order valence-corrected chi connectivity index (χ1v) is 8.93. The first-order valence-electron chi connectivity index (χ1n) is 8.93. The molecule has 0 radical (unpaired) electrons. The number of benzene rings is 2. The second kappa shape index (κ2) is 6.01. The molecule has 0 aliphatic carbocycles. The lowest BCUT2D eigenvalue weighted by Crippen LogP contribution is -2.32. The number of fused-ring (bicyclic) bond motifs is 3. The summed E-state index contributed by atoms with van der Waals surface area (Å²) in [6.45, 7) is 7.89. The quantitative estimate of drug-likeness (QED) is 0.894. The minimum Gasteiger partial charge on any atom is -0.367 e. The van der Waals surface area contributed by atoms with Gasteiger partial charge in [-0.25, -0.2) is 0 Å². The number of anilines is 1. The van der Waals surface area contributed by atoms with E-state index in [2.05, 4.69) is 66.5 Å². The van der Waals surface area contributed by atoms with Gasteiger partial charge in [-0.1, -0.05) is 44.2 Å². The maximum Gasteiger partial charge on any atom is 0.0403 e. The molecule has 0 aromatic heterocycles. The lowest BCUT2D eigenvalue weighted by atomic mass is 9.97. The van der Waals surface area contributed by atoms with Gasteiger partial charge in [-0.15, -0.1) is 0 Å². The van der Waals surface area contributed by atoms with Crippen molar-refractivity contribution in [2.24, 2.45) is 0 Å². The van der Waals surface area contributed by atoms with Crippen molar-refractivity contribution in [1.82, 2.24) is 5.32 Å². The standard InChI is InChI=1S/C21H26N2/c1-15(2)16-3-5-17(6-4-16)18-7-8-21-19(13-18)14-20-9-10-22-11-12-23(20)21/h3-8,13,15,20,22H,9-12,14H2,1-2H3. The summed E-state index contributed by atoms with van der Waals surface area (Å²) in [5.41, 5.74) is 7.09. The van der Waals surface area contributed by atoms with Crippen LogP contribution in [0.4, 0.5) is 5.69 Å². The molecule has 0 bridgehead atoms. The molecule has 0 amide bonds. The van der Waals surface area contributed by atoms with E-state index >= 15 is 0 Å². The normalized spacial score (nSPS) is 20.3. The zero-order valence-electron chi connectivity index (χ0n) is 14.2. The van der Waals surface area contributed by atoms with E-state index in [0.717, 1.165) is 19.6 Å². The van der Waals surface area contributed by atoms with E-state index in [1.807, 2.05) is 0 Å². The third-order valence-electron chi connectivity index (χ3n) is 5.38. The van der Waals surface area contributed by atoms with Crippen LogP contribution in [0.15, 0.2) is 42.5 Å². The number of nitrogens with zero attached hydrogens (tertiary/aromatic N) is 1. The fourth-order valence-electron chi connectivity index (χ4n) is 3.98. The van der Waals surface area contributed by atoms with E-state index in [0.29, 0.717) is 12.0 Å². The molecule has 2 nitrogen and oxygen atoms in total. The van der Waals surface area contributed by atoms with Crippen molar-refractivity contribution in [2.45, 2.75) is 38.6 Å². The highest BCUT2D eigenvalue weighted by molar-refractivity contribution is 5.71. The molecule has 0 spiro atoms. The molecule has 23 heavy (non-hydrogen) atoms. The molecule has 2 aliphatic rings. The summed E-state index contributed by atoms with van der Waals surface area (Å²) in [6, 6.07) is 16.8. The van der Waals surface area contributed by atoms with Gasteiger partial charge in [0.15, 0.2) is 0 Å². The lowest BCUT2D eigenvalue weighted by Gasteiger charge is -2.24. The molecule has 1 atom stereocenters. The summed E-state index contributed by atoms with van der Waals surface area (Å²) in [5, 5.41) is 3.52. The third kappa shape index (κ3) is 2.76. The Morgan fingerprint density at radius 2 is 1.78 bits per heavy atom. The molecule has 2 aromatic carbocycles. The molecule has 1 saturated heterocycles. The van der Waals surface area contributed by atoms with Gasteiger partial charge in [0, 0.05) is 24.8 Å². The van der Waals surface area contributed by atoms with Crippen LogP contribution in [0.2, 0.25) is 0 Å². The van der Waals surface area contributed by atoms with Gasteiger partial charge in [0.05, 0.1) is 0 Å². The Kier molecular flexibility index (Phi) is 3.86. The van der Waals surface area contributed by atoms with Crippen LogP contribution in [0, 0.1) is 0 Å². The Bertz CT molecular complexity index is 687. The first kappa shape index (κ1) is 14.8. The highest BCUT2D eigenvalue weighted by Gasteiger charge is 2.29. The van der Waals surface area contributed by atoms with Gasteiger partial charge in [-0.2, -0.15) is 0 Å². The van der Waals surface area contributed by atoms with E-state index in [4.69, 9.17) is 0 Å². The summed E-state index contributed by atoms with van der Waals surface area (Å²) in [5.74, 6) is 0.595. The van der Waals surface area contributed by atoms with Crippen molar-refractivity contribution in [3.63, 3.8) is 0 Å². The van der Waals surface area contributed by atoms with Gasteiger partial charge in [-0.3, -0.25) is 0 Å². The van der Waals surface area contributed by atoms with Gasteiger partial charge in [0.25, 0.3) is 0 Å². The molecule has 2 heteroatoms. The van der Waals surface area contributed by atoms with Crippen molar-refractivity contribution in [3.8, 4) is 11.1 Å². The minimum absolute atomic E-state index is 0.595. The van der Waals surface area contributed by atoms with Crippen LogP contribution in [0.3, 0.4) is 0 Å². The van der Waals surface area contributed by atoms with Gasteiger partial charge >= 0.3 is 0 Å².